The molecule has 0 saturated carbocycles. The average Bonchev–Trinajstić information content (AvgIpc) is 2.44. The van der Waals surface area contributed by atoms with E-state index in [0.717, 1.165) is 12.8 Å². The lowest BCUT2D eigenvalue weighted by Gasteiger charge is -2.32. The fraction of sp³-hybridized carbons (Fsp3) is 0.909. The number of carbonyl (C=O) groups is 1. The molecule has 0 aromatic rings. The molecule has 3 unspecified atom stereocenters. The van der Waals surface area contributed by atoms with Crippen molar-refractivity contribution in [1.29, 1.82) is 0 Å². The quantitative estimate of drug-likeness (QED) is 0.761. The van der Waals surface area contributed by atoms with E-state index in [1.165, 1.54) is 0 Å². The second-order valence-corrected chi connectivity index (χ2v) is 4.76. The first-order valence-corrected chi connectivity index (χ1v) is 5.27. The maximum Gasteiger partial charge on any atom is 0.335 e. The summed E-state index contributed by atoms with van der Waals surface area (Å²) >= 11 is 0. The summed E-state index contributed by atoms with van der Waals surface area (Å²) in [5.74, 6) is -0.437. The molecule has 1 N–H and O–H groups in total. The van der Waals surface area contributed by atoms with Crippen molar-refractivity contribution in [2.75, 3.05) is 0 Å². The Labute approximate surface area is 85.5 Å². The van der Waals surface area contributed by atoms with Crippen molar-refractivity contribution in [3.05, 3.63) is 0 Å². The minimum Gasteiger partial charge on any atom is -0.479 e. The van der Waals surface area contributed by atoms with Crippen LogP contribution in [0.3, 0.4) is 0 Å². The fourth-order valence-corrected chi connectivity index (χ4v) is 2.03. The van der Waals surface area contributed by atoms with Gasteiger partial charge >= 0.3 is 5.97 Å². The molecule has 82 valence electrons. The number of carboxylic acid groups (broad SMARTS) is 1. The summed E-state index contributed by atoms with van der Waals surface area (Å²) in [6.45, 7) is 7.92. The highest BCUT2D eigenvalue weighted by Gasteiger charge is 2.50. The van der Waals surface area contributed by atoms with Crippen LogP contribution in [0.15, 0.2) is 0 Å². The van der Waals surface area contributed by atoms with Crippen LogP contribution >= 0.6 is 0 Å². The van der Waals surface area contributed by atoms with Crippen LogP contribution in [0.1, 0.15) is 47.0 Å². The second kappa shape index (κ2) is 3.54. The van der Waals surface area contributed by atoms with Crippen LogP contribution in [0.5, 0.6) is 0 Å². The normalized spacial score (nSPS) is 39.7. The number of hydrogen-bond acceptors (Lipinski definition) is 2. The molecule has 1 aliphatic heterocycles. The highest BCUT2D eigenvalue weighted by atomic mass is 16.6. The number of ether oxygens (including phenoxy) is 1. The van der Waals surface area contributed by atoms with E-state index in [1.54, 1.807) is 6.92 Å². The second-order valence-electron chi connectivity index (χ2n) is 4.76. The van der Waals surface area contributed by atoms with Gasteiger partial charge in [0.2, 0.25) is 0 Å². The molecule has 14 heavy (non-hydrogen) atoms. The Bertz CT molecular complexity index is 239. The molecular formula is C11H20O3. The summed E-state index contributed by atoms with van der Waals surface area (Å²) in [7, 11) is 0. The summed E-state index contributed by atoms with van der Waals surface area (Å²) in [6.07, 6.45) is 2.47. The van der Waals surface area contributed by atoms with Gasteiger partial charge in [-0.1, -0.05) is 20.3 Å². The van der Waals surface area contributed by atoms with Crippen molar-refractivity contribution in [2.45, 2.75) is 58.2 Å². The SMILES string of the molecule is CCC(C)C1(C)CCC(C)(C(=O)O)O1. The van der Waals surface area contributed by atoms with Crippen LogP contribution in [0.25, 0.3) is 0 Å². The zero-order valence-corrected chi connectivity index (χ0v) is 9.46. The summed E-state index contributed by atoms with van der Waals surface area (Å²) in [5.41, 5.74) is -1.24. The molecule has 0 spiro atoms. The summed E-state index contributed by atoms with van der Waals surface area (Å²) in [6, 6.07) is 0. The Morgan fingerprint density at radius 2 is 2.07 bits per heavy atom. The minimum absolute atomic E-state index is 0.262. The molecule has 0 aromatic heterocycles. The lowest BCUT2D eigenvalue weighted by Crippen LogP contribution is -2.41. The van der Waals surface area contributed by atoms with Gasteiger partial charge in [0, 0.05) is 0 Å². The van der Waals surface area contributed by atoms with E-state index in [0.29, 0.717) is 12.3 Å². The van der Waals surface area contributed by atoms with Gasteiger partial charge < -0.3 is 9.84 Å². The Balaban J connectivity index is 2.77. The van der Waals surface area contributed by atoms with E-state index in [4.69, 9.17) is 9.84 Å². The Morgan fingerprint density at radius 1 is 1.50 bits per heavy atom. The molecule has 1 heterocycles. The number of hydrogen-bond donors (Lipinski definition) is 1. The Hall–Kier alpha value is -0.570. The first kappa shape index (κ1) is 11.5. The third-order valence-electron chi connectivity index (χ3n) is 3.66. The summed E-state index contributed by atoms with van der Waals surface area (Å²) in [4.78, 5) is 11.0. The van der Waals surface area contributed by atoms with Crippen molar-refractivity contribution in [2.24, 2.45) is 5.92 Å². The lowest BCUT2D eigenvalue weighted by atomic mass is 9.86. The molecule has 3 nitrogen and oxygen atoms in total. The molecule has 0 aromatic carbocycles. The maximum atomic E-state index is 11.0. The van der Waals surface area contributed by atoms with E-state index in [9.17, 15) is 4.79 Å². The molecule has 1 fully saturated rings. The predicted octanol–water partition coefficient (Wildman–Crippen LogP) is 2.44. The summed E-state index contributed by atoms with van der Waals surface area (Å²) in [5, 5.41) is 9.03. The molecule has 1 rings (SSSR count). The minimum atomic E-state index is -0.974. The monoisotopic (exact) mass is 200 g/mol. The molecule has 1 saturated heterocycles. The average molecular weight is 200 g/mol. The third kappa shape index (κ3) is 1.78. The van der Waals surface area contributed by atoms with Gasteiger partial charge in [0.05, 0.1) is 5.60 Å². The molecule has 0 radical (unpaired) electrons. The smallest absolute Gasteiger partial charge is 0.335 e. The van der Waals surface area contributed by atoms with Crippen LogP contribution in [-0.2, 0) is 9.53 Å². The van der Waals surface area contributed by atoms with Crippen LogP contribution in [0.4, 0.5) is 0 Å². The lowest BCUT2D eigenvalue weighted by molar-refractivity contribution is -0.174. The van der Waals surface area contributed by atoms with Crippen molar-refractivity contribution in [3.63, 3.8) is 0 Å². The topological polar surface area (TPSA) is 46.5 Å². The highest BCUT2D eigenvalue weighted by molar-refractivity contribution is 5.77. The Kier molecular flexibility index (Phi) is 2.91. The van der Waals surface area contributed by atoms with Gasteiger partial charge in [0.25, 0.3) is 0 Å². The zero-order valence-electron chi connectivity index (χ0n) is 9.46. The van der Waals surface area contributed by atoms with Gasteiger partial charge in [0.15, 0.2) is 5.60 Å². The maximum absolute atomic E-state index is 11.0. The van der Waals surface area contributed by atoms with Crippen molar-refractivity contribution in [3.8, 4) is 0 Å². The van der Waals surface area contributed by atoms with Gasteiger partial charge in [-0.3, -0.25) is 0 Å². The molecule has 3 atom stereocenters. The molecule has 0 aliphatic carbocycles. The van der Waals surface area contributed by atoms with Crippen molar-refractivity contribution >= 4 is 5.97 Å². The van der Waals surface area contributed by atoms with E-state index in [-0.39, 0.29) is 5.60 Å². The standard InChI is InChI=1S/C11H20O3/c1-5-8(2)10(3)6-7-11(4,14-10)9(12)13/h8H,5-7H2,1-4H3,(H,12,13). The predicted molar refractivity (Wildman–Crippen MR) is 54.2 cm³/mol. The first-order chi connectivity index (χ1) is 6.34. The molecular weight excluding hydrogens is 180 g/mol. The largest absolute Gasteiger partial charge is 0.479 e. The number of aliphatic carboxylic acids is 1. The van der Waals surface area contributed by atoms with Crippen molar-refractivity contribution in [1.82, 2.24) is 0 Å². The highest BCUT2D eigenvalue weighted by Crippen LogP contribution is 2.43. The molecule has 0 amide bonds. The van der Waals surface area contributed by atoms with Crippen LogP contribution in [0, 0.1) is 5.92 Å². The number of carboxylic acids is 1. The van der Waals surface area contributed by atoms with Crippen LogP contribution in [0.2, 0.25) is 0 Å². The molecule has 3 heteroatoms. The van der Waals surface area contributed by atoms with E-state index < -0.39 is 11.6 Å². The summed E-state index contributed by atoms with van der Waals surface area (Å²) < 4.78 is 5.75. The van der Waals surface area contributed by atoms with Gasteiger partial charge in [-0.25, -0.2) is 4.79 Å². The third-order valence-corrected chi connectivity index (χ3v) is 3.66. The first-order valence-electron chi connectivity index (χ1n) is 5.27. The number of rotatable bonds is 3. The van der Waals surface area contributed by atoms with E-state index >= 15 is 0 Å². The van der Waals surface area contributed by atoms with Crippen molar-refractivity contribution < 1.29 is 14.6 Å². The van der Waals surface area contributed by atoms with Gasteiger partial charge in [-0.2, -0.15) is 0 Å². The van der Waals surface area contributed by atoms with Gasteiger partial charge in [0.1, 0.15) is 0 Å². The van der Waals surface area contributed by atoms with Crippen LogP contribution < -0.4 is 0 Å². The van der Waals surface area contributed by atoms with E-state index in [1.807, 2.05) is 6.92 Å². The van der Waals surface area contributed by atoms with E-state index in [2.05, 4.69) is 13.8 Å². The van der Waals surface area contributed by atoms with Crippen LogP contribution in [-0.4, -0.2) is 22.3 Å². The fourth-order valence-electron chi connectivity index (χ4n) is 2.03. The molecule has 1 aliphatic rings. The van der Waals surface area contributed by atoms with Gasteiger partial charge in [-0.15, -0.1) is 0 Å². The van der Waals surface area contributed by atoms with Gasteiger partial charge in [-0.05, 0) is 32.6 Å². The molecule has 0 bridgehead atoms. The Morgan fingerprint density at radius 3 is 2.43 bits per heavy atom. The zero-order chi connectivity index (χ0) is 11.0.